The van der Waals surface area contributed by atoms with E-state index in [1.807, 2.05) is 12.1 Å². The van der Waals surface area contributed by atoms with Crippen LogP contribution < -0.4 is 4.74 Å². The van der Waals surface area contributed by atoms with Gasteiger partial charge in [-0.15, -0.1) is 11.6 Å². The number of ether oxygens (including phenoxy) is 2. The monoisotopic (exact) mass is 300 g/mol. The number of rotatable bonds is 3. The first-order valence-electron chi connectivity index (χ1n) is 6.80. The second-order valence-electron chi connectivity index (χ2n) is 5.57. The molecule has 104 valence electrons. The van der Waals surface area contributed by atoms with Gasteiger partial charge in [-0.05, 0) is 47.9 Å². The van der Waals surface area contributed by atoms with Crippen LogP contribution >= 0.6 is 23.2 Å². The molecule has 0 bridgehead atoms. The minimum Gasteiger partial charge on any atom is -0.493 e. The molecule has 4 heteroatoms. The van der Waals surface area contributed by atoms with Crippen LogP contribution in [0, 0.1) is 5.41 Å². The summed E-state index contributed by atoms with van der Waals surface area (Å²) in [5.41, 5.74) is 2.58. The van der Waals surface area contributed by atoms with E-state index in [9.17, 15) is 0 Å². The molecule has 2 aliphatic heterocycles. The van der Waals surface area contributed by atoms with Gasteiger partial charge in [-0.3, -0.25) is 0 Å². The Morgan fingerprint density at radius 3 is 2.68 bits per heavy atom. The molecular formula is C15H18Cl2O2. The maximum Gasteiger partial charge on any atom is 0.125 e. The van der Waals surface area contributed by atoms with Gasteiger partial charge >= 0.3 is 0 Å². The Kier molecular flexibility index (Phi) is 3.93. The molecule has 0 aliphatic carbocycles. The summed E-state index contributed by atoms with van der Waals surface area (Å²) in [5, 5.41) is 0.802. The van der Waals surface area contributed by atoms with Crippen molar-refractivity contribution in [2.24, 2.45) is 5.41 Å². The standard InChI is InChI=1S/C15H18Cl2O2/c16-10-15(2-5-18-6-3-15)9-12-8-13(17)7-11-1-4-19-14(11)12/h7-8H,1-6,9-10H2. The molecule has 1 aromatic rings. The average Bonchev–Trinajstić information content (AvgIpc) is 2.88. The lowest BCUT2D eigenvalue weighted by Gasteiger charge is -2.36. The van der Waals surface area contributed by atoms with E-state index in [-0.39, 0.29) is 5.41 Å². The fraction of sp³-hybridized carbons (Fsp3) is 0.600. The summed E-state index contributed by atoms with van der Waals surface area (Å²) in [4.78, 5) is 0. The van der Waals surface area contributed by atoms with Crippen molar-refractivity contribution in [2.45, 2.75) is 25.7 Å². The summed E-state index contributed by atoms with van der Waals surface area (Å²) in [6.07, 6.45) is 3.91. The Bertz CT molecular complexity index is 467. The van der Waals surface area contributed by atoms with Crippen LogP contribution in [0.5, 0.6) is 5.75 Å². The normalized spacial score (nSPS) is 20.9. The van der Waals surface area contributed by atoms with Crippen LogP contribution in [0.15, 0.2) is 12.1 Å². The minimum absolute atomic E-state index is 0.129. The number of benzene rings is 1. The van der Waals surface area contributed by atoms with E-state index in [1.165, 1.54) is 11.1 Å². The van der Waals surface area contributed by atoms with Crippen LogP contribution in [0.3, 0.4) is 0 Å². The molecule has 0 aromatic heterocycles. The van der Waals surface area contributed by atoms with E-state index in [1.54, 1.807) is 0 Å². The Labute approximate surface area is 124 Å². The smallest absolute Gasteiger partial charge is 0.125 e. The summed E-state index contributed by atoms with van der Waals surface area (Å²) >= 11 is 12.5. The number of alkyl halides is 1. The van der Waals surface area contributed by atoms with Crippen molar-refractivity contribution >= 4 is 23.2 Å². The third-order valence-corrected chi connectivity index (χ3v) is 5.01. The molecule has 0 saturated carbocycles. The molecule has 0 radical (unpaired) electrons. The molecular weight excluding hydrogens is 283 g/mol. The zero-order valence-electron chi connectivity index (χ0n) is 10.9. The van der Waals surface area contributed by atoms with E-state index in [2.05, 4.69) is 0 Å². The van der Waals surface area contributed by atoms with Gasteiger partial charge in [-0.25, -0.2) is 0 Å². The lowest BCUT2D eigenvalue weighted by atomic mass is 9.76. The highest BCUT2D eigenvalue weighted by atomic mass is 35.5. The van der Waals surface area contributed by atoms with Crippen molar-refractivity contribution in [2.75, 3.05) is 25.7 Å². The van der Waals surface area contributed by atoms with Crippen LogP contribution in [0.1, 0.15) is 24.0 Å². The third-order valence-electron chi connectivity index (χ3n) is 4.23. The molecule has 0 unspecified atom stereocenters. The van der Waals surface area contributed by atoms with E-state index < -0.39 is 0 Å². The second kappa shape index (κ2) is 5.51. The average molecular weight is 301 g/mol. The largest absolute Gasteiger partial charge is 0.493 e. The van der Waals surface area contributed by atoms with E-state index in [4.69, 9.17) is 32.7 Å². The number of fused-ring (bicyclic) bond motifs is 1. The van der Waals surface area contributed by atoms with Crippen LogP contribution in [-0.4, -0.2) is 25.7 Å². The van der Waals surface area contributed by atoms with Crippen molar-refractivity contribution in [1.29, 1.82) is 0 Å². The fourth-order valence-corrected chi connectivity index (χ4v) is 3.67. The molecule has 1 aromatic carbocycles. The highest BCUT2D eigenvalue weighted by Gasteiger charge is 2.34. The topological polar surface area (TPSA) is 18.5 Å². The van der Waals surface area contributed by atoms with Gasteiger partial charge in [0.05, 0.1) is 6.61 Å². The first-order chi connectivity index (χ1) is 9.22. The molecule has 2 aliphatic rings. The summed E-state index contributed by atoms with van der Waals surface area (Å²) in [6, 6.07) is 4.06. The van der Waals surface area contributed by atoms with Crippen molar-refractivity contribution in [3.63, 3.8) is 0 Å². The molecule has 0 N–H and O–H groups in total. The Morgan fingerprint density at radius 1 is 1.16 bits per heavy atom. The van der Waals surface area contributed by atoms with Gasteiger partial charge < -0.3 is 9.47 Å². The molecule has 0 amide bonds. The van der Waals surface area contributed by atoms with Crippen LogP contribution in [0.4, 0.5) is 0 Å². The van der Waals surface area contributed by atoms with Gasteiger partial charge in [0, 0.05) is 30.5 Å². The molecule has 1 fully saturated rings. The van der Waals surface area contributed by atoms with Gasteiger partial charge in [0.15, 0.2) is 0 Å². The van der Waals surface area contributed by atoms with Crippen molar-refractivity contribution in [3.05, 3.63) is 28.3 Å². The highest BCUT2D eigenvalue weighted by molar-refractivity contribution is 6.30. The lowest BCUT2D eigenvalue weighted by Crippen LogP contribution is -2.33. The lowest BCUT2D eigenvalue weighted by molar-refractivity contribution is 0.0255. The van der Waals surface area contributed by atoms with Gasteiger partial charge in [0.1, 0.15) is 5.75 Å². The van der Waals surface area contributed by atoms with Gasteiger partial charge in [-0.2, -0.15) is 0 Å². The fourth-order valence-electron chi connectivity index (χ4n) is 3.04. The first kappa shape index (κ1) is 13.5. The summed E-state index contributed by atoms with van der Waals surface area (Å²) in [5.74, 6) is 1.71. The number of hydrogen-bond donors (Lipinski definition) is 0. The maximum atomic E-state index is 6.25. The molecule has 3 rings (SSSR count). The predicted molar refractivity (Wildman–Crippen MR) is 77.6 cm³/mol. The molecule has 2 nitrogen and oxygen atoms in total. The number of halogens is 2. The van der Waals surface area contributed by atoms with E-state index in [0.29, 0.717) is 5.88 Å². The Hall–Kier alpha value is -0.440. The Morgan fingerprint density at radius 2 is 1.95 bits per heavy atom. The first-order valence-corrected chi connectivity index (χ1v) is 7.71. The zero-order valence-corrected chi connectivity index (χ0v) is 12.4. The quantitative estimate of drug-likeness (QED) is 0.789. The Balaban J connectivity index is 1.90. The molecule has 0 atom stereocenters. The highest BCUT2D eigenvalue weighted by Crippen LogP contribution is 2.41. The second-order valence-corrected chi connectivity index (χ2v) is 6.28. The third kappa shape index (κ3) is 2.72. The van der Waals surface area contributed by atoms with Gasteiger partial charge in [0.2, 0.25) is 0 Å². The predicted octanol–water partition coefficient (Wildman–Crippen LogP) is 3.85. The van der Waals surface area contributed by atoms with Crippen molar-refractivity contribution in [1.82, 2.24) is 0 Å². The zero-order chi connectivity index (χ0) is 13.3. The SMILES string of the molecule is ClCC1(Cc2cc(Cl)cc3c2OCC3)CCOCC1. The van der Waals surface area contributed by atoms with Gasteiger partial charge in [0.25, 0.3) is 0 Å². The van der Waals surface area contributed by atoms with Crippen LogP contribution in [0.2, 0.25) is 5.02 Å². The minimum atomic E-state index is 0.129. The van der Waals surface area contributed by atoms with E-state index in [0.717, 1.165) is 56.3 Å². The molecule has 0 spiro atoms. The molecule has 19 heavy (non-hydrogen) atoms. The van der Waals surface area contributed by atoms with Crippen LogP contribution in [-0.2, 0) is 17.6 Å². The molecule has 1 saturated heterocycles. The summed E-state index contributed by atoms with van der Waals surface area (Å²) in [7, 11) is 0. The van der Waals surface area contributed by atoms with Crippen molar-refractivity contribution < 1.29 is 9.47 Å². The maximum absolute atomic E-state index is 6.25. The van der Waals surface area contributed by atoms with Gasteiger partial charge in [-0.1, -0.05) is 11.6 Å². The summed E-state index contributed by atoms with van der Waals surface area (Å²) < 4.78 is 11.2. The van der Waals surface area contributed by atoms with Crippen molar-refractivity contribution in [3.8, 4) is 5.75 Å². The summed E-state index contributed by atoms with van der Waals surface area (Å²) in [6.45, 7) is 2.37. The van der Waals surface area contributed by atoms with Crippen LogP contribution in [0.25, 0.3) is 0 Å². The molecule has 2 heterocycles. The number of hydrogen-bond acceptors (Lipinski definition) is 2. The van der Waals surface area contributed by atoms with E-state index >= 15 is 0 Å².